The molecule has 0 aliphatic carbocycles. The predicted molar refractivity (Wildman–Crippen MR) is 106 cm³/mol. The molecular formula is C20H34N4O. The molecule has 1 aromatic rings. The van der Waals surface area contributed by atoms with Gasteiger partial charge in [0.15, 0.2) is 5.96 Å². The van der Waals surface area contributed by atoms with Gasteiger partial charge in [-0.25, -0.2) is 4.99 Å². The van der Waals surface area contributed by atoms with Crippen LogP contribution in [-0.2, 0) is 6.54 Å². The zero-order valence-electron chi connectivity index (χ0n) is 16.6. The molecule has 5 nitrogen and oxygen atoms in total. The van der Waals surface area contributed by atoms with E-state index < -0.39 is 0 Å². The first-order valence-corrected chi connectivity index (χ1v) is 9.11. The highest BCUT2D eigenvalue weighted by atomic mass is 16.1. The Balaban J connectivity index is 2.64. The predicted octanol–water partition coefficient (Wildman–Crippen LogP) is 3.32. The van der Waals surface area contributed by atoms with Crippen LogP contribution in [0.5, 0.6) is 0 Å². The first kappa shape index (κ1) is 21.0. The van der Waals surface area contributed by atoms with Gasteiger partial charge in [-0.15, -0.1) is 0 Å². The minimum Gasteiger partial charge on any atom is -0.357 e. The third kappa shape index (κ3) is 8.57. The molecule has 25 heavy (non-hydrogen) atoms. The number of carbonyl (C=O) groups is 1. The number of nitrogens with zero attached hydrogens (tertiary/aromatic N) is 1. The second kappa shape index (κ2) is 10.1. The van der Waals surface area contributed by atoms with Crippen molar-refractivity contribution in [3.8, 4) is 0 Å². The van der Waals surface area contributed by atoms with Crippen LogP contribution in [0.3, 0.4) is 0 Å². The van der Waals surface area contributed by atoms with E-state index in [2.05, 4.69) is 55.6 Å². The Kier molecular flexibility index (Phi) is 8.46. The summed E-state index contributed by atoms with van der Waals surface area (Å²) in [5.41, 5.74) is 2.08. The summed E-state index contributed by atoms with van der Waals surface area (Å²) in [6.45, 7) is 12.5. The second-order valence-electron chi connectivity index (χ2n) is 7.62. The fourth-order valence-electron chi connectivity index (χ4n) is 2.35. The molecule has 0 aliphatic heterocycles. The molecule has 0 aliphatic rings. The zero-order chi connectivity index (χ0) is 18.9. The fraction of sp³-hybridized carbons (Fsp3) is 0.600. The number of nitrogens with one attached hydrogen (secondary N) is 3. The van der Waals surface area contributed by atoms with Crippen LogP contribution in [-0.4, -0.2) is 31.5 Å². The van der Waals surface area contributed by atoms with E-state index in [0.29, 0.717) is 23.6 Å². The van der Waals surface area contributed by atoms with Crippen LogP contribution in [0.1, 0.15) is 63.4 Å². The summed E-state index contributed by atoms with van der Waals surface area (Å²) in [5, 5.41) is 9.39. The molecule has 0 spiro atoms. The maximum Gasteiger partial charge on any atom is 0.251 e. The molecule has 1 atom stereocenters. The van der Waals surface area contributed by atoms with Gasteiger partial charge in [-0.1, -0.05) is 32.9 Å². The van der Waals surface area contributed by atoms with Gasteiger partial charge in [-0.2, -0.15) is 0 Å². The molecule has 1 rings (SSSR count). The number of carbonyl (C=O) groups excluding carboxylic acids is 1. The first-order valence-electron chi connectivity index (χ1n) is 9.11. The summed E-state index contributed by atoms with van der Waals surface area (Å²) in [4.78, 5) is 16.2. The third-order valence-corrected chi connectivity index (χ3v) is 3.92. The van der Waals surface area contributed by atoms with Crippen LogP contribution >= 0.6 is 0 Å². The molecule has 0 bridgehead atoms. The van der Waals surface area contributed by atoms with Crippen LogP contribution < -0.4 is 16.0 Å². The van der Waals surface area contributed by atoms with Gasteiger partial charge in [0.25, 0.3) is 5.91 Å². The quantitative estimate of drug-likeness (QED) is 0.524. The number of hydrogen-bond donors (Lipinski definition) is 3. The lowest BCUT2D eigenvalue weighted by molar-refractivity contribution is 0.0963. The van der Waals surface area contributed by atoms with Crippen LogP contribution in [0.25, 0.3) is 0 Å². The molecule has 0 saturated heterocycles. The van der Waals surface area contributed by atoms with Crippen molar-refractivity contribution < 1.29 is 4.79 Å². The molecule has 140 valence electrons. The van der Waals surface area contributed by atoms with E-state index >= 15 is 0 Å². The minimum atomic E-state index is -0.0715. The number of guanidine groups is 1. The number of amides is 1. The number of benzene rings is 1. The Hall–Kier alpha value is -2.04. The highest BCUT2D eigenvalue weighted by Gasteiger charge is 2.13. The average Bonchev–Trinajstić information content (AvgIpc) is 2.57. The van der Waals surface area contributed by atoms with Gasteiger partial charge in [-0.05, 0) is 49.8 Å². The van der Waals surface area contributed by atoms with Crippen molar-refractivity contribution in [1.82, 2.24) is 16.0 Å². The molecule has 0 heterocycles. The summed E-state index contributed by atoms with van der Waals surface area (Å²) in [6, 6.07) is 7.92. The van der Waals surface area contributed by atoms with Crippen molar-refractivity contribution in [3.63, 3.8) is 0 Å². The smallest absolute Gasteiger partial charge is 0.251 e. The maximum atomic E-state index is 11.6. The van der Waals surface area contributed by atoms with Gasteiger partial charge >= 0.3 is 0 Å². The average molecular weight is 347 g/mol. The second-order valence-corrected chi connectivity index (χ2v) is 7.62. The molecule has 0 fully saturated rings. The van der Waals surface area contributed by atoms with E-state index in [0.717, 1.165) is 24.5 Å². The summed E-state index contributed by atoms with van der Waals surface area (Å²) >= 11 is 0. The Morgan fingerprint density at radius 3 is 2.36 bits per heavy atom. The summed E-state index contributed by atoms with van der Waals surface area (Å²) in [5.74, 6) is 0.761. The lowest BCUT2D eigenvalue weighted by Gasteiger charge is -2.23. The highest BCUT2D eigenvalue weighted by molar-refractivity contribution is 5.93. The molecule has 0 radical (unpaired) electrons. The lowest BCUT2D eigenvalue weighted by Crippen LogP contribution is -2.42. The molecule has 1 unspecified atom stereocenters. The molecule has 1 amide bonds. The van der Waals surface area contributed by atoms with Gasteiger partial charge in [0.05, 0.1) is 6.54 Å². The molecule has 3 N–H and O–H groups in total. The minimum absolute atomic E-state index is 0.0715. The standard InChI is InChI=1S/C20H34N4O/c1-7-22-19(24-15(2)12-13-20(3,4)5)23-14-16-8-10-17(11-9-16)18(25)21-6/h8-11,15H,7,12-14H2,1-6H3,(H,21,25)(H2,22,23,24). The van der Waals surface area contributed by atoms with Gasteiger partial charge in [0.2, 0.25) is 0 Å². The van der Waals surface area contributed by atoms with Crippen molar-refractivity contribution >= 4 is 11.9 Å². The van der Waals surface area contributed by atoms with Gasteiger partial charge < -0.3 is 16.0 Å². The SMILES string of the molecule is CCNC(=NCc1ccc(C(=O)NC)cc1)NC(C)CCC(C)(C)C. The molecule has 5 heteroatoms. The lowest BCUT2D eigenvalue weighted by atomic mass is 9.89. The van der Waals surface area contributed by atoms with Crippen LogP contribution in [0.15, 0.2) is 29.3 Å². The number of rotatable bonds is 7. The molecule has 1 aromatic carbocycles. The van der Waals surface area contributed by atoms with Crippen LogP contribution in [0.4, 0.5) is 0 Å². The van der Waals surface area contributed by atoms with Crippen LogP contribution in [0.2, 0.25) is 0 Å². The highest BCUT2D eigenvalue weighted by Crippen LogP contribution is 2.21. The third-order valence-electron chi connectivity index (χ3n) is 3.92. The summed E-state index contributed by atoms with van der Waals surface area (Å²) in [7, 11) is 1.63. The normalized spacial score (nSPS) is 13.3. The zero-order valence-corrected chi connectivity index (χ0v) is 16.6. The molecular weight excluding hydrogens is 312 g/mol. The van der Waals surface area contributed by atoms with E-state index in [9.17, 15) is 4.79 Å². The van der Waals surface area contributed by atoms with Crippen molar-refractivity contribution in [3.05, 3.63) is 35.4 Å². The van der Waals surface area contributed by atoms with E-state index in [1.54, 1.807) is 7.05 Å². The van der Waals surface area contributed by atoms with Crippen molar-refractivity contribution in [2.75, 3.05) is 13.6 Å². The molecule has 0 saturated carbocycles. The number of aliphatic imine (C=N–C) groups is 1. The van der Waals surface area contributed by atoms with E-state index in [1.165, 1.54) is 6.42 Å². The van der Waals surface area contributed by atoms with Gasteiger partial charge in [0.1, 0.15) is 0 Å². The molecule has 0 aromatic heterocycles. The Labute approximate surface area is 152 Å². The van der Waals surface area contributed by atoms with Crippen molar-refractivity contribution in [2.45, 2.75) is 60.0 Å². The fourth-order valence-corrected chi connectivity index (χ4v) is 2.35. The number of hydrogen-bond acceptors (Lipinski definition) is 2. The van der Waals surface area contributed by atoms with Crippen LogP contribution in [0, 0.1) is 5.41 Å². The Morgan fingerprint density at radius 2 is 1.84 bits per heavy atom. The monoisotopic (exact) mass is 346 g/mol. The Morgan fingerprint density at radius 1 is 1.20 bits per heavy atom. The largest absolute Gasteiger partial charge is 0.357 e. The summed E-state index contributed by atoms with van der Waals surface area (Å²) in [6.07, 6.45) is 2.27. The van der Waals surface area contributed by atoms with E-state index in [-0.39, 0.29) is 5.91 Å². The van der Waals surface area contributed by atoms with E-state index in [1.807, 2.05) is 24.3 Å². The van der Waals surface area contributed by atoms with Gasteiger partial charge in [0, 0.05) is 25.2 Å². The van der Waals surface area contributed by atoms with Crippen molar-refractivity contribution in [1.29, 1.82) is 0 Å². The topological polar surface area (TPSA) is 65.5 Å². The van der Waals surface area contributed by atoms with Gasteiger partial charge in [-0.3, -0.25) is 4.79 Å². The maximum absolute atomic E-state index is 11.6. The first-order chi connectivity index (χ1) is 11.7. The Bertz CT molecular complexity index is 558. The summed E-state index contributed by atoms with van der Waals surface area (Å²) < 4.78 is 0. The van der Waals surface area contributed by atoms with E-state index in [4.69, 9.17) is 0 Å². The van der Waals surface area contributed by atoms with Crippen molar-refractivity contribution in [2.24, 2.45) is 10.4 Å².